The smallest absolute Gasteiger partial charge is 0.220 e. The minimum Gasteiger partial charge on any atom is -0.389 e. The summed E-state index contributed by atoms with van der Waals surface area (Å²) in [4.78, 5) is 23.9. The molecule has 1 aromatic rings. The van der Waals surface area contributed by atoms with Gasteiger partial charge in [0.15, 0.2) is 5.78 Å². The minimum absolute atomic E-state index is 0.151. The topological polar surface area (TPSA) is 66.4 Å². The lowest BCUT2D eigenvalue weighted by Gasteiger charge is -2.06. The van der Waals surface area contributed by atoms with E-state index in [9.17, 15) is 14.7 Å². The molecule has 1 fully saturated rings. The summed E-state index contributed by atoms with van der Waals surface area (Å²) in [6.45, 7) is 0. The van der Waals surface area contributed by atoms with E-state index in [0.29, 0.717) is 31.7 Å². The van der Waals surface area contributed by atoms with E-state index in [1.165, 1.54) is 5.56 Å². The molecule has 2 aliphatic carbocycles. The van der Waals surface area contributed by atoms with Crippen LogP contribution in [0.15, 0.2) is 65.8 Å². The predicted octanol–water partition coefficient (Wildman–Crippen LogP) is 4.59. The van der Waals surface area contributed by atoms with Gasteiger partial charge in [-0.2, -0.15) is 0 Å². The van der Waals surface area contributed by atoms with Crippen molar-refractivity contribution in [2.45, 2.75) is 76.4 Å². The molecule has 160 valence electrons. The number of amides is 1. The summed E-state index contributed by atoms with van der Waals surface area (Å²) in [7, 11) is 0. The third-order valence-electron chi connectivity index (χ3n) is 5.64. The van der Waals surface area contributed by atoms with Crippen molar-refractivity contribution in [3.05, 3.63) is 71.3 Å². The lowest BCUT2D eigenvalue weighted by Crippen LogP contribution is -2.24. The first kappa shape index (κ1) is 22.2. The van der Waals surface area contributed by atoms with Gasteiger partial charge in [0.25, 0.3) is 0 Å². The van der Waals surface area contributed by atoms with E-state index in [1.54, 1.807) is 0 Å². The van der Waals surface area contributed by atoms with Gasteiger partial charge >= 0.3 is 0 Å². The first-order valence-electron chi connectivity index (χ1n) is 11.2. The second-order valence-electron chi connectivity index (χ2n) is 8.29. The van der Waals surface area contributed by atoms with E-state index in [4.69, 9.17) is 0 Å². The Hall–Kier alpha value is -2.46. The highest BCUT2D eigenvalue weighted by molar-refractivity contribution is 5.99. The van der Waals surface area contributed by atoms with E-state index >= 15 is 0 Å². The van der Waals surface area contributed by atoms with Gasteiger partial charge in [0.05, 0.1) is 6.10 Å². The molecule has 0 radical (unpaired) electrons. The largest absolute Gasteiger partial charge is 0.389 e. The van der Waals surface area contributed by atoms with Gasteiger partial charge in [-0.1, -0.05) is 54.6 Å². The average Bonchev–Trinajstić information content (AvgIpc) is 3.50. The molecule has 3 rings (SSSR count). The molecule has 4 nitrogen and oxygen atoms in total. The molecule has 2 N–H and O–H groups in total. The fourth-order valence-electron chi connectivity index (χ4n) is 3.67. The Morgan fingerprint density at radius 3 is 2.73 bits per heavy atom. The first-order chi connectivity index (χ1) is 14.6. The quantitative estimate of drug-likeness (QED) is 0.393. The molecule has 0 unspecified atom stereocenters. The van der Waals surface area contributed by atoms with E-state index in [1.807, 2.05) is 36.4 Å². The lowest BCUT2D eigenvalue weighted by molar-refractivity contribution is -0.121. The van der Waals surface area contributed by atoms with E-state index in [2.05, 4.69) is 23.5 Å². The maximum Gasteiger partial charge on any atom is 0.220 e. The highest BCUT2D eigenvalue weighted by Crippen LogP contribution is 2.27. The van der Waals surface area contributed by atoms with Crippen LogP contribution >= 0.6 is 0 Å². The normalized spacial score (nSPS) is 18.0. The van der Waals surface area contributed by atoms with Crippen LogP contribution in [-0.4, -0.2) is 28.9 Å². The van der Waals surface area contributed by atoms with Gasteiger partial charge in [-0.25, -0.2) is 0 Å². The van der Waals surface area contributed by atoms with Crippen LogP contribution in [0.1, 0.15) is 63.4 Å². The number of Topliss-reactive ketones (excluding diaryl/α,β-unsaturated/α-hetero) is 1. The Morgan fingerprint density at radius 1 is 1.17 bits per heavy atom. The fraction of sp³-hybridized carbons (Fsp3) is 0.462. The number of aliphatic hydroxyl groups is 1. The van der Waals surface area contributed by atoms with Crippen LogP contribution in [-0.2, 0) is 16.0 Å². The number of hydrogen-bond donors (Lipinski definition) is 2. The van der Waals surface area contributed by atoms with Gasteiger partial charge in [0, 0.05) is 24.5 Å². The molecule has 0 spiro atoms. The summed E-state index contributed by atoms with van der Waals surface area (Å²) < 4.78 is 0. The number of unbranched alkanes of at least 4 members (excludes halogenated alkanes) is 1. The number of nitrogens with one attached hydrogen (secondary N) is 1. The number of hydrogen-bond acceptors (Lipinski definition) is 3. The van der Waals surface area contributed by atoms with Crippen molar-refractivity contribution in [3.8, 4) is 0 Å². The van der Waals surface area contributed by atoms with Crippen LogP contribution in [0.5, 0.6) is 0 Å². The maximum absolute atomic E-state index is 12.2. The van der Waals surface area contributed by atoms with Gasteiger partial charge < -0.3 is 10.4 Å². The van der Waals surface area contributed by atoms with Gasteiger partial charge in [0.2, 0.25) is 5.91 Å². The number of aliphatic hydroxyl groups excluding tert-OH is 1. The molecule has 0 saturated heterocycles. The van der Waals surface area contributed by atoms with Crippen molar-refractivity contribution in [3.63, 3.8) is 0 Å². The first-order valence-corrected chi connectivity index (χ1v) is 11.2. The Bertz CT molecular complexity index is 803. The Labute approximate surface area is 179 Å². The molecule has 30 heavy (non-hydrogen) atoms. The molecule has 1 amide bonds. The molecule has 0 aliphatic heterocycles. The summed E-state index contributed by atoms with van der Waals surface area (Å²) in [6, 6.07) is 10.6. The SMILES string of the molecule is O=C(CCC/C=C\CC1=C(C=C[C@@H](O)CCc2ccccc2)CCC1=O)NC1CC1. The molecular formula is C26H33NO3. The van der Waals surface area contributed by atoms with Crippen LogP contribution in [0.25, 0.3) is 0 Å². The van der Waals surface area contributed by atoms with E-state index in [-0.39, 0.29) is 11.7 Å². The molecule has 0 heterocycles. The lowest BCUT2D eigenvalue weighted by atomic mass is 10.0. The highest BCUT2D eigenvalue weighted by Gasteiger charge is 2.22. The second kappa shape index (κ2) is 11.7. The van der Waals surface area contributed by atoms with Gasteiger partial charge in [0.1, 0.15) is 0 Å². The zero-order chi connectivity index (χ0) is 21.2. The molecule has 1 aromatic carbocycles. The van der Waals surface area contributed by atoms with Crippen molar-refractivity contribution in [2.75, 3.05) is 0 Å². The van der Waals surface area contributed by atoms with E-state index < -0.39 is 6.10 Å². The monoisotopic (exact) mass is 407 g/mol. The Balaban J connectivity index is 1.40. The van der Waals surface area contributed by atoms with E-state index in [0.717, 1.165) is 49.7 Å². The highest BCUT2D eigenvalue weighted by atomic mass is 16.3. The third-order valence-corrected chi connectivity index (χ3v) is 5.64. The molecule has 0 bridgehead atoms. The van der Waals surface area contributed by atoms with Crippen LogP contribution in [0, 0.1) is 0 Å². The van der Waals surface area contributed by atoms with Crippen LogP contribution < -0.4 is 5.32 Å². The number of carbonyl (C=O) groups excluding carboxylic acids is 2. The summed E-state index contributed by atoms with van der Waals surface area (Å²) in [6.07, 6.45) is 15.3. The number of rotatable bonds is 12. The van der Waals surface area contributed by atoms with Gasteiger partial charge in [-0.05, 0) is 62.5 Å². The molecule has 1 saturated carbocycles. The average molecular weight is 408 g/mol. The van der Waals surface area contributed by atoms with Gasteiger partial charge in [-0.3, -0.25) is 9.59 Å². The van der Waals surface area contributed by atoms with Crippen LogP contribution in [0.3, 0.4) is 0 Å². The molecule has 2 aliphatic rings. The van der Waals surface area contributed by atoms with Gasteiger partial charge in [-0.15, -0.1) is 0 Å². The Kier molecular flexibility index (Phi) is 8.64. The summed E-state index contributed by atoms with van der Waals surface area (Å²) in [5.41, 5.74) is 3.13. The molecule has 1 atom stereocenters. The number of allylic oxidation sites excluding steroid dienone is 5. The zero-order valence-electron chi connectivity index (χ0n) is 17.7. The Morgan fingerprint density at radius 2 is 1.97 bits per heavy atom. The second-order valence-corrected chi connectivity index (χ2v) is 8.29. The van der Waals surface area contributed by atoms with Crippen molar-refractivity contribution >= 4 is 11.7 Å². The molecule has 4 heteroatoms. The third kappa shape index (κ3) is 7.75. The molecular weight excluding hydrogens is 374 g/mol. The molecule has 0 aromatic heterocycles. The zero-order valence-corrected chi connectivity index (χ0v) is 17.7. The summed E-state index contributed by atoms with van der Waals surface area (Å²) >= 11 is 0. The number of carbonyl (C=O) groups is 2. The number of aryl methyl sites for hydroxylation is 1. The van der Waals surface area contributed by atoms with Crippen molar-refractivity contribution in [2.24, 2.45) is 0 Å². The van der Waals surface area contributed by atoms with Crippen LogP contribution in [0.2, 0.25) is 0 Å². The van der Waals surface area contributed by atoms with Crippen molar-refractivity contribution in [1.29, 1.82) is 0 Å². The predicted molar refractivity (Wildman–Crippen MR) is 120 cm³/mol. The van der Waals surface area contributed by atoms with Crippen molar-refractivity contribution < 1.29 is 14.7 Å². The maximum atomic E-state index is 12.2. The number of benzene rings is 1. The van der Waals surface area contributed by atoms with Crippen LogP contribution in [0.4, 0.5) is 0 Å². The summed E-state index contributed by atoms with van der Waals surface area (Å²) in [5.74, 6) is 0.361. The number of ketones is 1. The van der Waals surface area contributed by atoms with Crippen molar-refractivity contribution in [1.82, 2.24) is 5.32 Å². The fourth-order valence-corrected chi connectivity index (χ4v) is 3.67. The standard InChI is InChI=1S/C26H33NO3/c28-23(17-12-20-8-4-3-5-9-20)18-13-21-14-19-25(29)24(21)10-6-1-2-7-11-26(30)27-22-15-16-22/h1,3-6,8-9,13,18,22-23,28H,2,7,10-12,14-17,19H2,(H,27,30)/b6-1-,18-13?/t23-/m0/s1. The summed E-state index contributed by atoms with van der Waals surface area (Å²) in [5, 5.41) is 13.3. The minimum atomic E-state index is -0.507.